The predicted octanol–water partition coefficient (Wildman–Crippen LogP) is 1.73. The molecule has 7 heteroatoms. The highest BCUT2D eigenvalue weighted by Gasteiger charge is 2.11. The minimum absolute atomic E-state index is 0.0250. The van der Waals surface area contributed by atoms with Crippen molar-refractivity contribution in [3.05, 3.63) is 56.5 Å². The summed E-state index contributed by atoms with van der Waals surface area (Å²) >= 11 is 6.28. The van der Waals surface area contributed by atoms with E-state index in [0.717, 1.165) is 0 Å². The van der Waals surface area contributed by atoms with Crippen molar-refractivity contribution in [2.75, 3.05) is 0 Å². The van der Waals surface area contributed by atoms with Gasteiger partial charge in [-0.3, -0.25) is 0 Å². The molecule has 0 N–H and O–H groups in total. The molecule has 0 spiro atoms. The van der Waals surface area contributed by atoms with Gasteiger partial charge in [0.15, 0.2) is 0 Å². The molecular formula is C14H6Br2O5-2. The Balaban J connectivity index is 2.48. The molecular weight excluding hydrogens is 408 g/mol. The molecule has 2 rings (SSSR count). The molecule has 0 aliphatic rings. The fourth-order valence-corrected chi connectivity index (χ4v) is 2.34. The quantitative estimate of drug-likeness (QED) is 0.761. The summed E-state index contributed by atoms with van der Waals surface area (Å²) in [4.78, 5) is 22.2. The first-order valence-corrected chi connectivity index (χ1v) is 7.16. The maximum atomic E-state index is 11.1. The summed E-state index contributed by atoms with van der Waals surface area (Å²) in [6.07, 6.45) is 0. The van der Waals surface area contributed by atoms with Crippen LogP contribution < -0.4 is 14.9 Å². The first-order valence-electron chi connectivity index (χ1n) is 5.58. The maximum absolute atomic E-state index is 11.1. The molecule has 21 heavy (non-hydrogen) atoms. The van der Waals surface area contributed by atoms with Crippen LogP contribution in [0.25, 0.3) is 0 Å². The van der Waals surface area contributed by atoms with E-state index in [2.05, 4.69) is 31.9 Å². The molecule has 0 aliphatic heterocycles. The van der Waals surface area contributed by atoms with Gasteiger partial charge in [0.1, 0.15) is 11.5 Å². The molecule has 2 aromatic rings. The van der Waals surface area contributed by atoms with Crippen LogP contribution in [0.1, 0.15) is 20.7 Å². The van der Waals surface area contributed by atoms with Crippen molar-refractivity contribution < 1.29 is 24.5 Å². The third-order valence-electron chi connectivity index (χ3n) is 2.54. The van der Waals surface area contributed by atoms with Crippen molar-refractivity contribution >= 4 is 43.8 Å². The Bertz CT molecular complexity index is 666. The second-order valence-electron chi connectivity index (χ2n) is 3.96. The zero-order chi connectivity index (χ0) is 15.6. The normalized spacial score (nSPS) is 10.2. The van der Waals surface area contributed by atoms with Crippen molar-refractivity contribution in [2.24, 2.45) is 0 Å². The van der Waals surface area contributed by atoms with Gasteiger partial charge < -0.3 is 24.5 Å². The summed E-state index contributed by atoms with van der Waals surface area (Å²) in [6, 6.07) is 8.55. The van der Waals surface area contributed by atoms with Gasteiger partial charge in [-0.15, -0.1) is 0 Å². The van der Waals surface area contributed by atoms with Crippen LogP contribution in [0, 0.1) is 0 Å². The highest BCUT2D eigenvalue weighted by Crippen LogP contribution is 2.31. The molecule has 0 radical (unpaired) electrons. The number of ether oxygens (including phenoxy) is 1. The SMILES string of the molecule is O=C([O-])c1cc(Br)ccc1Oc1ccc(Br)cc1C(=O)[O-]. The van der Waals surface area contributed by atoms with Gasteiger partial charge in [0.05, 0.1) is 11.9 Å². The average Bonchev–Trinajstić information content (AvgIpc) is 2.42. The van der Waals surface area contributed by atoms with Gasteiger partial charge >= 0.3 is 0 Å². The van der Waals surface area contributed by atoms with E-state index in [1.165, 1.54) is 24.3 Å². The number of carboxylic acid groups (broad SMARTS) is 2. The highest BCUT2D eigenvalue weighted by atomic mass is 79.9. The molecule has 0 fully saturated rings. The molecule has 0 amide bonds. The fourth-order valence-electron chi connectivity index (χ4n) is 1.62. The number of hydrogen-bond donors (Lipinski definition) is 0. The van der Waals surface area contributed by atoms with Gasteiger partial charge in [0.2, 0.25) is 0 Å². The molecule has 0 aliphatic carbocycles. The number of aromatic carboxylic acids is 2. The van der Waals surface area contributed by atoms with E-state index in [0.29, 0.717) is 8.95 Å². The van der Waals surface area contributed by atoms with Crippen LogP contribution in [-0.2, 0) is 0 Å². The number of carboxylic acids is 2. The summed E-state index contributed by atoms with van der Waals surface area (Å²) in [7, 11) is 0. The molecule has 0 saturated heterocycles. The van der Waals surface area contributed by atoms with Crippen molar-refractivity contribution in [1.82, 2.24) is 0 Å². The van der Waals surface area contributed by atoms with E-state index in [-0.39, 0.29) is 22.6 Å². The van der Waals surface area contributed by atoms with Crippen LogP contribution in [0.15, 0.2) is 45.3 Å². The van der Waals surface area contributed by atoms with E-state index < -0.39 is 11.9 Å². The Labute approximate surface area is 136 Å². The second-order valence-corrected chi connectivity index (χ2v) is 5.79. The van der Waals surface area contributed by atoms with Crippen molar-refractivity contribution in [2.45, 2.75) is 0 Å². The van der Waals surface area contributed by atoms with Gasteiger partial charge in [-0.25, -0.2) is 0 Å². The van der Waals surface area contributed by atoms with Gasteiger partial charge in [-0.1, -0.05) is 31.9 Å². The van der Waals surface area contributed by atoms with E-state index in [9.17, 15) is 19.8 Å². The summed E-state index contributed by atoms with van der Waals surface area (Å²) in [6.45, 7) is 0. The average molecular weight is 414 g/mol. The second kappa shape index (κ2) is 6.28. The van der Waals surface area contributed by atoms with Crippen LogP contribution >= 0.6 is 31.9 Å². The van der Waals surface area contributed by atoms with Crippen LogP contribution in [-0.4, -0.2) is 11.9 Å². The zero-order valence-corrected chi connectivity index (χ0v) is 13.4. The summed E-state index contributed by atoms with van der Waals surface area (Å²) in [5, 5.41) is 22.2. The number of benzene rings is 2. The Morgan fingerprint density at radius 2 is 1.19 bits per heavy atom. The molecule has 0 atom stereocenters. The van der Waals surface area contributed by atoms with Crippen LogP contribution in [0.2, 0.25) is 0 Å². The summed E-state index contributed by atoms with van der Waals surface area (Å²) in [5.41, 5.74) is -0.395. The van der Waals surface area contributed by atoms with Gasteiger partial charge in [0.25, 0.3) is 0 Å². The number of carbonyl (C=O) groups is 2. The first kappa shape index (κ1) is 15.5. The third kappa shape index (κ3) is 3.62. The summed E-state index contributed by atoms with van der Waals surface area (Å²) < 4.78 is 6.45. The standard InChI is InChI=1S/C14H8Br2O5/c15-7-1-3-11(9(5-7)13(17)18)21-12-4-2-8(16)6-10(12)14(19)20/h1-6H,(H,17,18)(H,19,20)/p-2. The molecule has 0 unspecified atom stereocenters. The lowest BCUT2D eigenvalue weighted by Crippen LogP contribution is -2.24. The molecule has 0 aromatic heterocycles. The lowest BCUT2D eigenvalue weighted by atomic mass is 10.2. The monoisotopic (exact) mass is 412 g/mol. The molecule has 108 valence electrons. The zero-order valence-electron chi connectivity index (χ0n) is 10.3. The van der Waals surface area contributed by atoms with Crippen molar-refractivity contribution in [3.63, 3.8) is 0 Å². The highest BCUT2D eigenvalue weighted by molar-refractivity contribution is 9.10. The van der Waals surface area contributed by atoms with E-state index in [1.54, 1.807) is 12.1 Å². The maximum Gasteiger partial charge on any atom is 0.136 e. The molecule has 0 heterocycles. The lowest BCUT2D eigenvalue weighted by molar-refractivity contribution is -0.256. The Hall–Kier alpha value is -1.86. The van der Waals surface area contributed by atoms with Crippen molar-refractivity contribution in [3.8, 4) is 11.5 Å². The largest absolute Gasteiger partial charge is 0.545 e. The van der Waals surface area contributed by atoms with Crippen LogP contribution in [0.3, 0.4) is 0 Å². The lowest BCUT2D eigenvalue weighted by Gasteiger charge is -2.15. The number of hydrogen-bond acceptors (Lipinski definition) is 5. The fraction of sp³-hybridized carbons (Fsp3) is 0. The van der Waals surface area contributed by atoms with Gasteiger partial charge in [-0.2, -0.15) is 0 Å². The molecule has 0 saturated carbocycles. The minimum atomic E-state index is -1.43. The third-order valence-corrected chi connectivity index (χ3v) is 3.53. The van der Waals surface area contributed by atoms with E-state index in [4.69, 9.17) is 4.74 Å². The topological polar surface area (TPSA) is 89.5 Å². The number of halogens is 2. The van der Waals surface area contributed by atoms with Gasteiger partial charge in [-0.05, 0) is 36.4 Å². The van der Waals surface area contributed by atoms with E-state index >= 15 is 0 Å². The van der Waals surface area contributed by atoms with Gasteiger partial charge in [0, 0.05) is 20.1 Å². The Kier molecular flexibility index (Phi) is 4.64. The minimum Gasteiger partial charge on any atom is -0.545 e. The Morgan fingerprint density at radius 3 is 1.52 bits per heavy atom. The first-order chi connectivity index (χ1) is 9.88. The molecule has 5 nitrogen and oxygen atoms in total. The molecule has 2 aromatic carbocycles. The van der Waals surface area contributed by atoms with E-state index in [1.807, 2.05) is 0 Å². The molecule has 0 bridgehead atoms. The smallest absolute Gasteiger partial charge is 0.136 e. The van der Waals surface area contributed by atoms with Crippen LogP contribution in [0.4, 0.5) is 0 Å². The predicted molar refractivity (Wildman–Crippen MR) is 77.0 cm³/mol. The number of rotatable bonds is 4. The van der Waals surface area contributed by atoms with Crippen molar-refractivity contribution in [1.29, 1.82) is 0 Å². The van der Waals surface area contributed by atoms with Crippen LogP contribution in [0.5, 0.6) is 11.5 Å². The Morgan fingerprint density at radius 1 is 0.810 bits per heavy atom. The number of carbonyl (C=O) groups excluding carboxylic acids is 2. The summed E-state index contributed by atoms with van der Waals surface area (Å²) in [5.74, 6) is -2.91.